The lowest BCUT2D eigenvalue weighted by Gasteiger charge is -2.22. The quantitative estimate of drug-likeness (QED) is 0.724. The summed E-state index contributed by atoms with van der Waals surface area (Å²) >= 11 is 1.61. The zero-order chi connectivity index (χ0) is 18.5. The second-order valence-corrected chi connectivity index (χ2v) is 7.21. The SMILES string of the molecule is C[C@@H](NC(=O)Cc1cccc2ccccc12)C(=O)N(C)Cc1ccsc1. The predicted molar refractivity (Wildman–Crippen MR) is 106 cm³/mol. The van der Waals surface area contributed by atoms with Gasteiger partial charge in [0.1, 0.15) is 6.04 Å². The van der Waals surface area contributed by atoms with Crippen molar-refractivity contribution in [2.24, 2.45) is 0 Å². The third kappa shape index (κ3) is 4.29. The molecule has 1 heterocycles. The Bertz CT molecular complexity index is 900. The smallest absolute Gasteiger partial charge is 0.244 e. The maximum absolute atomic E-state index is 12.5. The molecule has 4 nitrogen and oxygen atoms in total. The van der Waals surface area contributed by atoms with E-state index in [9.17, 15) is 9.59 Å². The van der Waals surface area contributed by atoms with Crippen molar-refractivity contribution in [2.75, 3.05) is 7.05 Å². The second-order valence-electron chi connectivity index (χ2n) is 6.43. The van der Waals surface area contributed by atoms with Crippen molar-refractivity contribution in [2.45, 2.75) is 25.9 Å². The van der Waals surface area contributed by atoms with Crippen LogP contribution in [-0.2, 0) is 22.6 Å². The monoisotopic (exact) mass is 366 g/mol. The number of carbonyl (C=O) groups is 2. The molecule has 26 heavy (non-hydrogen) atoms. The highest BCUT2D eigenvalue weighted by Gasteiger charge is 2.20. The van der Waals surface area contributed by atoms with E-state index in [0.717, 1.165) is 21.9 Å². The summed E-state index contributed by atoms with van der Waals surface area (Å²) in [6.07, 6.45) is 0.257. The molecule has 1 aromatic heterocycles. The third-order valence-electron chi connectivity index (χ3n) is 4.35. The summed E-state index contributed by atoms with van der Waals surface area (Å²) < 4.78 is 0. The number of amides is 2. The number of nitrogens with zero attached hydrogens (tertiary/aromatic N) is 1. The van der Waals surface area contributed by atoms with Crippen LogP contribution in [0.5, 0.6) is 0 Å². The normalized spacial score (nSPS) is 11.9. The molecule has 0 saturated heterocycles. The number of rotatable bonds is 6. The van der Waals surface area contributed by atoms with Crippen molar-refractivity contribution in [3.63, 3.8) is 0 Å². The van der Waals surface area contributed by atoms with Crippen LogP contribution >= 0.6 is 11.3 Å². The third-order valence-corrected chi connectivity index (χ3v) is 5.09. The van der Waals surface area contributed by atoms with E-state index in [4.69, 9.17) is 0 Å². The van der Waals surface area contributed by atoms with Gasteiger partial charge in [-0.3, -0.25) is 9.59 Å². The molecule has 3 rings (SSSR count). The van der Waals surface area contributed by atoms with Crippen LogP contribution in [0.2, 0.25) is 0 Å². The van der Waals surface area contributed by atoms with Gasteiger partial charge in [-0.15, -0.1) is 0 Å². The number of fused-ring (bicyclic) bond motifs is 1. The lowest BCUT2D eigenvalue weighted by atomic mass is 10.0. The molecule has 0 unspecified atom stereocenters. The fourth-order valence-corrected chi connectivity index (χ4v) is 3.70. The van der Waals surface area contributed by atoms with Gasteiger partial charge in [-0.05, 0) is 45.6 Å². The molecule has 0 aliphatic rings. The highest BCUT2D eigenvalue weighted by Crippen LogP contribution is 2.19. The van der Waals surface area contributed by atoms with Crippen LogP contribution in [0.4, 0.5) is 0 Å². The summed E-state index contributed by atoms with van der Waals surface area (Å²) in [6, 6.07) is 15.4. The van der Waals surface area contributed by atoms with Crippen molar-refractivity contribution in [3.05, 3.63) is 70.4 Å². The van der Waals surface area contributed by atoms with Crippen LogP contribution in [0.3, 0.4) is 0 Å². The van der Waals surface area contributed by atoms with E-state index in [2.05, 4.69) is 5.32 Å². The highest BCUT2D eigenvalue weighted by atomic mass is 32.1. The number of nitrogens with one attached hydrogen (secondary N) is 1. The summed E-state index contributed by atoms with van der Waals surface area (Å²) in [5, 5.41) is 9.01. The van der Waals surface area contributed by atoms with E-state index in [1.165, 1.54) is 0 Å². The van der Waals surface area contributed by atoms with Gasteiger partial charge in [0.15, 0.2) is 0 Å². The number of thiophene rings is 1. The van der Waals surface area contributed by atoms with Gasteiger partial charge in [0.2, 0.25) is 11.8 Å². The molecule has 0 aliphatic carbocycles. The van der Waals surface area contributed by atoms with Gasteiger partial charge < -0.3 is 10.2 Å². The summed E-state index contributed by atoms with van der Waals surface area (Å²) in [5.74, 6) is -0.242. The molecule has 0 fully saturated rings. The van der Waals surface area contributed by atoms with E-state index in [1.807, 2.05) is 59.3 Å². The van der Waals surface area contributed by atoms with Crippen LogP contribution in [0.25, 0.3) is 10.8 Å². The lowest BCUT2D eigenvalue weighted by Crippen LogP contribution is -2.45. The average molecular weight is 366 g/mol. The molecule has 3 aromatic rings. The summed E-state index contributed by atoms with van der Waals surface area (Å²) in [5.41, 5.74) is 2.06. The van der Waals surface area contributed by atoms with Crippen LogP contribution < -0.4 is 5.32 Å². The zero-order valence-electron chi connectivity index (χ0n) is 14.9. The van der Waals surface area contributed by atoms with E-state index >= 15 is 0 Å². The summed E-state index contributed by atoms with van der Waals surface area (Å²) in [6.45, 7) is 2.28. The molecule has 2 aromatic carbocycles. The Kier molecular flexibility index (Phi) is 5.68. The molecule has 0 saturated carbocycles. The Labute approximate surface area is 157 Å². The van der Waals surface area contributed by atoms with Crippen LogP contribution in [0.1, 0.15) is 18.1 Å². The van der Waals surface area contributed by atoms with E-state index in [-0.39, 0.29) is 18.2 Å². The van der Waals surface area contributed by atoms with Crippen molar-refractivity contribution in [1.29, 1.82) is 0 Å². The number of hydrogen-bond acceptors (Lipinski definition) is 3. The fraction of sp³-hybridized carbons (Fsp3) is 0.238. The molecule has 5 heteroatoms. The average Bonchev–Trinajstić information content (AvgIpc) is 3.14. The topological polar surface area (TPSA) is 49.4 Å². The fourth-order valence-electron chi connectivity index (χ4n) is 3.04. The van der Waals surface area contributed by atoms with E-state index < -0.39 is 6.04 Å². The van der Waals surface area contributed by atoms with Crippen molar-refractivity contribution < 1.29 is 9.59 Å². The molecule has 0 aliphatic heterocycles. The van der Waals surface area contributed by atoms with Gasteiger partial charge in [-0.25, -0.2) is 0 Å². The molecule has 1 N–H and O–H groups in total. The Morgan fingerprint density at radius 2 is 1.88 bits per heavy atom. The first-order valence-electron chi connectivity index (χ1n) is 8.56. The number of benzene rings is 2. The minimum absolute atomic E-state index is 0.0949. The Morgan fingerprint density at radius 1 is 1.12 bits per heavy atom. The van der Waals surface area contributed by atoms with Gasteiger partial charge in [-0.1, -0.05) is 42.5 Å². The first kappa shape index (κ1) is 18.1. The molecular weight excluding hydrogens is 344 g/mol. The van der Waals surface area contributed by atoms with Crippen LogP contribution in [-0.4, -0.2) is 29.8 Å². The minimum Gasteiger partial charge on any atom is -0.344 e. The Morgan fingerprint density at radius 3 is 2.65 bits per heavy atom. The van der Waals surface area contributed by atoms with Crippen LogP contribution in [0, 0.1) is 0 Å². The van der Waals surface area contributed by atoms with Crippen molar-refractivity contribution in [3.8, 4) is 0 Å². The second kappa shape index (κ2) is 8.15. The predicted octanol–water partition coefficient (Wildman–Crippen LogP) is 3.61. The number of carbonyl (C=O) groups excluding carboxylic acids is 2. The number of hydrogen-bond donors (Lipinski definition) is 1. The van der Waals surface area contributed by atoms with Gasteiger partial charge >= 0.3 is 0 Å². The highest BCUT2D eigenvalue weighted by molar-refractivity contribution is 7.07. The first-order chi connectivity index (χ1) is 12.5. The maximum atomic E-state index is 12.5. The van der Waals surface area contributed by atoms with E-state index in [0.29, 0.717) is 6.54 Å². The number of likely N-dealkylation sites (N-methyl/N-ethyl adjacent to an activating group) is 1. The van der Waals surface area contributed by atoms with Crippen molar-refractivity contribution >= 4 is 33.9 Å². The standard InChI is InChI=1S/C21H22N2O2S/c1-15(21(25)23(2)13-16-10-11-26-14-16)22-20(24)12-18-8-5-7-17-6-3-4-9-19(17)18/h3-11,14-15H,12-13H2,1-2H3,(H,22,24)/t15-/m1/s1. The van der Waals surface area contributed by atoms with Gasteiger partial charge in [0.05, 0.1) is 6.42 Å². The Hall–Kier alpha value is -2.66. The molecule has 0 bridgehead atoms. The minimum atomic E-state index is -0.555. The van der Waals surface area contributed by atoms with Gasteiger partial charge in [0, 0.05) is 13.6 Å². The maximum Gasteiger partial charge on any atom is 0.244 e. The first-order valence-corrected chi connectivity index (χ1v) is 9.51. The van der Waals surface area contributed by atoms with Crippen LogP contribution in [0.15, 0.2) is 59.3 Å². The Balaban J connectivity index is 1.61. The molecular formula is C21H22N2O2S. The summed E-state index contributed by atoms with van der Waals surface area (Å²) in [4.78, 5) is 26.6. The molecule has 134 valence electrons. The van der Waals surface area contributed by atoms with Gasteiger partial charge in [-0.2, -0.15) is 11.3 Å². The zero-order valence-corrected chi connectivity index (χ0v) is 15.8. The summed E-state index contributed by atoms with van der Waals surface area (Å²) in [7, 11) is 1.76. The van der Waals surface area contributed by atoms with Gasteiger partial charge in [0.25, 0.3) is 0 Å². The largest absolute Gasteiger partial charge is 0.344 e. The molecule has 0 spiro atoms. The molecule has 1 atom stereocenters. The molecule has 0 radical (unpaired) electrons. The molecule has 2 amide bonds. The van der Waals surface area contributed by atoms with Crippen molar-refractivity contribution in [1.82, 2.24) is 10.2 Å². The van der Waals surface area contributed by atoms with E-state index in [1.54, 1.807) is 30.2 Å². The lowest BCUT2D eigenvalue weighted by molar-refractivity contribution is -0.135.